The van der Waals surface area contributed by atoms with Crippen molar-refractivity contribution in [3.8, 4) is 0 Å². The third-order valence-electron chi connectivity index (χ3n) is 2.37. The van der Waals surface area contributed by atoms with Gasteiger partial charge in [-0.3, -0.25) is 25.0 Å². The SMILES string of the molecule is CCOC(=O)C(C[N+](=O)[O-])NNc1ccc([N+](=O)[O-])cc1. The van der Waals surface area contributed by atoms with E-state index in [2.05, 4.69) is 10.9 Å². The van der Waals surface area contributed by atoms with Gasteiger partial charge in [-0.1, -0.05) is 0 Å². The molecule has 0 fully saturated rings. The van der Waals surface area contributed by atoms with E-state index < -0.39 is 28.4 Å². The van der Waals surface area contributed by atoms with Crippen LogP contribution in [0.1, 0.15) is 6.92 Å². The van der Waals surface area contributed by atoms with Gasteiger partial charge in [0.15, 0.2) is 6.04 Å². The van der Waals surface area contributed by atoms with E-state index in [1.165, 1.54) is 24.3 Å². The normalized spacial score (nSPS) is 11.5. The van der Waals surface area contributed by atoms with Gasteiger partial charge in [0.2, 0.25) is 6.54 Å². The molecule has 0 aliphatic heterocycles. The van der Waals surface area contributed by atoms with Crippen LogP contribution in [0.3, 0.4) is 0 Å². The maximum Gasteiger partial charge on any atom is 0.331 e. The third kappa shape index (κ3) is 5.40. The Balaban J connectivity index is 2.65. The van der Waals surface area contributed by atoms with Crippen LogP contribution < -0.4 is 10.9 Å². The average molecular weight is 298 g/mol. The van der Waals surface area contributed by atoms with Gasteiger partial charge in [0.25, 0.3) is 5.69 Å². The molecule has 0 bridgehead atoms. The molecule has 1 aromatic rings. The summed E-state index contributed by atoms with van der Waals surface area (Å²) >= 11 is 0. The highest BCUT2D eigenvalue weighted by atomic mass is 16.6. The highest BCUT2D eigenvalue weighted by molar-refractivity contribution is 5.76. The number of hydrogen-bond acceptors (Lipinski definition) is 8. The van der Waals surface area contributed by atoms with Crippen molar-refractivity contribution in [2.45, 2.75) is 13.0 Å². The summed E-state index contributed by atoms with van der Waals surface area (Å²) in [6.45, 7) is 1.04. The Morgan fingerprint density at radius 1 is 1.29 bits per heavy atom. The number of nitrogens with one attached hydrogen (secondary N) is 2. The first kappa shape index (κ1) is 16.3. The molecule has 1 aromatic carbocycles. The second-order valence-electron chi connectivity index (χ2n) is 3.89. The molecular weight excluding hydrogens is 284 g/mol. The number of nitro benzene ring substituents is 1. The van der Waals surface area contributed by atoms with E-state index in [1.54, 1.807) is 6.92 Å². The Morgan fingerprint density at radius 2 is 1.90 bits per heavy atom. The standard InChI is InChI=1S/C11H14N4O6/c1-2-21-11(16)10(7-14(17)18)13-12-8-3-5-9(6-4-8)15(19)20/h3-6,10,12-13H,2,7H2,1H3. The van der Waals surface area contributed by atoms with Gasteiger partial charge < -0.3 is 10.2 Å². The summed E-state index contributed by atoms with van der Waals surface area (Å²) in [4.78, 5) is 31.3. The van der Waals surface area contributed by atoms with Gasteiger partial charge >= 0.3 is 5.97 Å². The van der Waals surface area contributed by atoms with Crippen LogP contribution in [0.25, 0.3) is 0 Å². The van der Waals surface area contributed by atoms with Crippen LogP contribution in [0.2, 0.25) is 0 Å². The van der Waals surface area contributed by atoms with Gasteiger partial charge in [-0.15, -0.1) is 0 Å². The molecule has 0 aliphatic carbocycles. The Kier molecular flexibility index (Phi) is 6.01. The van der Waals surface area contributed by atoms with Gasteiger partial charge in [0.05, 0.1) is 11.5 Å². The van der Waals surface area contributed by atoms with Crippen LogP contribution in [-0.2, 0) is 9.53 Å². The molecule has 0 aliphatic rings. The summed E-state index contributed by atoms with van der Waals surface area (Å²) in [6.07, 6.45) is 0. The number of rotatable bonds is 8. The smallest absolute Gasteiger partial charge is 0.331 e. The number of nitrogens with zero attached hydrogens (tertiary/aromatic N) is 2. The van der Waals surface area contributed by atoms with Crippen molar-refractivity contribution in [1.82, 2.24) is 5.43 Å². The quantitative estimate of drug-likeness (QED) is 0.407. The van der Waals surface area contributed by atoms with E-state index in [0.29, 0.717) is 5.69 Å². The lowest BCUT2D eigenvalue weighted by Gasteiger charge is -2.15. The number of anilines is 1. The van der Waals surface area contributed by atoms with Crippen molar-refractivity contribution in [2.75, 3.05) is 18.6 Å². The first-order chi connectivity index (χ1) is 9.93. The minimum Gasteiger partial charge on any atom is -0.465 e. The van der Waals surface area contributed by atoms with Gasteiger partial charge in [0.1, 0.15) is 0 Å². The largest absolute Gasteiger partial charge is 0.465 e. The second kappa shape index (κ2) is 7.75. The van der Waals surface area contributed by atoms with E-state index in [4.69, 9.17) is 4.74 Å². The number of benzene rings is 1. The van der Waals surface area contributed by atoms with Crippen molar-refractivity contribution < 1.29 is 19.4 Å². The van der Waals surface area contributed by atoms with E-state index in [9.17, 15) is 25.0 Å². The topological polar surface area (TPSA) is 137 Å². The predicted octanol–water partition coefficient (Wildman–Crippen LogP) is 0.720. The molecular formula is C11H14N4O6. The van der Waals surface area contributed by atoms with Crippen LogP contribution in [0, 0.1) is 20.2 Å². The highest BCUT2D eigenvalue weighted by Crippen LogP contribution is 2.14. The zero-order chi connectivity index (χ0) is 15.8. The number of carbonyl (C=O) groups is 1. The number of hydrogen-bond donors (Lipinski definition) is 2. The Labute approximate surface area is 119 Å². The second-order valence-corrected chi connectivity index (χ2v) is 3.89. The van der Waals surface area contributed by atoms with Crippen molar-refractivity contribution in [1.29, 1.82) is 0 Å². The molecule has 2 N–H and O–H groups in total. The number of esters is 1. The fourth-order valence-corrected chi connectivity index (χ4v) is 1.41. The molecule has 1 rings (SSSR count). The van der Waals surface area contributed by atoms with E-state index >= 15 is 0 Å². The highest BCUT2D eigenvalue weighted by Gasteiger charge is 2.25. The lowest BCUT2D eigenvalue weighted by atomic mass is 10.3. The molecule has 21 heavy (non-hydrogen) atoms. The van der Waals surface area contributed by atoms with E-state index in [-0.39, 0.29) is 12.3 Å². The van der Waals surface area contributed by atoms with Crippen LogP contribution in [0.15, 0.2) is 24.3 Å². The molecule has 10 nitrogen and oxygen atoms in total. The molecule has 1 unspecified atom stereocenters. The maximum absolute atomic E-state index is 11.5. The lowest BCUT2D eigenvalue weighted by molar-refractivity contribution is -0.481. The summed E-state index contributed by atoms with van der Waals surface area (Å²) in [6, 6.07) is 4.16. The first-order valence-corrected chi connectivity index (χ1v) is 5.98. The van der Waals surface area contributed by atoms with Crippen molar-refractivity contribution >= 4 is 17.3 Å². The third-order valence-corrected chi connectivity index (χ3v) is 2.37. The zero-order valence-electron chi connectivity index (χ0n) is 11.1. The molecule has 0 radical (unpaired) electrons. The van der Waals surface area contributed by atoms with Crippen LogP contribution in [0.5, 0.6) is 0 Å². The molecule has 114 valence electrons. The summed E-state index contributed by atoms with van der Waals surface area (Å²) in [5.41, 5.74) is 5.37. The molecule has 0 heterocycles. The van der Waals surface area contributed by atoms with Crippen LogP contribution in [-0.4, -0.2) is 35.0 Å². The van der Waals surface area contributed by atoms with Gasteiger partial charge in [-0.05, 0) is 19.1 Å². The fourth-order valence-electron chi connectivity index (χ4n) is 1.41. The molecule has 0 amide bonds. The number of ether oxygens (including phenoxy) is 1. The molecule has 0 aromatic heterocycles. The van der Waals surface area contributed by atoms with E-state index in [0.717, 1.165) is 0 Å². The summed E-state index contributed by atoms with van der Waals surface area (Å²) in [7, 11) is 0. The number of hydrazine groups is 1. The Bertz CT molecular complexity index is 518. The summed E-state index contributed by atoms with van der Waals surface area (Å²) in [5.74, 6) is -0.761. The first-order valence-electron chi connectivity index (χ1n) is 5.98. The van der Waals surface area contributed by atoms with Gasteiger partial charge in [0, 0.05) is 22.7 Å². The molecule has 0 spiro atoms. The molecule has 1 atom stereocenters. The lowest BCUT2D eigenvalue weighted by Crippen LogP contribution is -2.46. The van der Waals surface area contributed by atoms with Crippen molar-refractivity contribution in [3.63, 3.8) is 0 Å². The molecule has 0 saturated carbocycles. The zero-order valence-corrected chi connectivity index (χ0v) is 11.1. The molecule has 10 heteroatoms. The molecule has 0 saturated heterocycles. The number of carbonyl (C=O) groups excluding carboxylic acids is 1. The number of non-ortho nitro benzene ring substituents is 1. The minimum atomic E-state index is -1.17. The van der Waals surface area contributed by atoms with Crippen LogP contribution in [0.4, 0.5) is 11.4 Å². The Hall–Kier alpha value is -2.75. The average Bonchev–Trinajstić information content (AvgIpc) is 2.43. The van der Waals surface area contributed by atoms with Crippen molar-refractivity contribution in [3.05, 3.63) is 44.5 Å². The van der Waals surface area contributed by atoms with Gasteiger partial charge in [-0.2, -0.15) is 0 Å². The number of nitro groups is 2. The van der Waals surface area contributed by atoms with Gasteiger partial charge in [-0.25, -0.2) is 5.43 Å². The fraction of sp³-hybridized carbons (Fsp3) is 0.364. The predicted molar refractivity (Wildman–Crippen MR) is 72.1 cm³/mol. The van der Waals surface area contributed by atoms with Crippen LogP contribution >= 0.6 is 0 Å². The monoisotopic (exact) mass is 298 g/mol. The minimum absolute atomic E-state index is 0.0900. The van der Waals surface area contributed by atoms with Crippen molar-refractivity contribution in [2.24, 2.45) is 0 Å². The summed E-state index contributed by atoms with van der Waals surface area (Å²) in [5, 5.41) is 21.0. The maximum atomic E-state index is 11.5. The summed E-state index contributed by atoms with van der Waals surface area (Å²) < 4.78 is 4.71. The van der Waals surface area contributed by atoms with E-state index in [1.807, 2.05) is 0 Å². The Morgan fingerprint density at radius 3 is 2.38 bits per heavy atom.